The van der Waals surface area contributed by atoms with Gasteiger partial charge in [0.15, 0.2) is 24.7 Å². The molecule has 140 valence electrons. The Bertz CT molecular complexity index is 1020. The number of carbonyl (C=O) groups is 2. The number of carbonyl (C=O) groups excluding carboxylic acids is 2. The number of imide groups is 1. The van der Waals surface area contributed by atoms with Crippen LogP contribution in [0.4, 0.5) is 0 Å². The fourth-order valence-corrected chi connectivity index (χ4v) is 2.91. The van der Waals surface area contributed by atoms with E-state index in [1.54, 1.807) is 13.3 Å². The van der Waals surface area contributed by atoms with Gasteiger partial charge >= 0.3 is 0 Å². The number of nitrogens with zero attached hydrogens (tertiary/aromatic N) is 3. The zero-order chi connectivity index (χ0) is 19.5. The summed E-state index contributed by atoms with van der Waals surface area (Å²) in [4.78, 5) is 28.7. The van der Waals surface area contributed by atoms with E-state index >= 15 is 0 Å². The smallest absolute Gasteiger partial charge is 0.253 e. The van der Waals surface area contributed by atoms with Crippen molar-refractivity contribution in [2.75, 3.05) is 13.7 Å². The maximum absolute atomic E-state index is 11.6. The van der Waals surface area contributed by atoms with Crippen LogP contribution in [0.15, 0.2) is 71.6 Å². The number of ether oxygens (including phenoxy) is 1. The molecule has 0 unspecified atom stereocenters. The number of hydrogen-bond donors (Lipinski definition) is 0. The number of benzene rings is 1. The topological polar surface area (TPSA) is 76.5 Å². The molecule has 7 heteroatoms. The van der Waals surface area contributed by atoms with Crippen molar-refractivity contribution in [2.45, 2.75) is 6.54 Å². The predicted molar refractivity (Wildman–Crippen MR) is 100.0 cm³/mol. The van der Waals surface area contributed by atoms with Gasteiger partial charge in [-0.15, -0.1) is 0 Å². The summed E-state index contributed by atoms with van der Waals surface area (Å²) in [6.07, 6.45) is 8.03. The molecule has 7 nitrogen and oxygen atoms in total. The molecule has 0 spiro atoms. The van der Waals surface area contributed by atoms with Gasteiger partial charge in [0.25, 0.3) is 11.8 Å². The average molecular weight is 376 g/mol. The van der Waals surface area contributed by atoms with E-state index < -0.39 is 0 Å². The van der Waals surface area contributed by atoms with Crippen LogP contribution in [-0.2, 0) is 16.1 Å². The second-order valence-corrected chi connectivity index (χ2v) is 6.24. The first kappa shape index (κ1) is 17.7. The van der Waals surface area contributed by atoms with Crippen molar-refractivity contribution in [3.05, 3.63) is 67.1 Å². The van der Waals surface area contributed by atoms with Gasteiger partial charge in [0.1, 0.15) is 5.75 Å². The molecule has 0 saturated heterocycles. The predicted octanol–water partition coefficient (Wildman–Crippen LogP) is 2.23. The summed E-state index contributed by atoms with van der Waals surface area (Å²) in [7, 11) is 1.62. The standard InChI is InChI=1S/C21H18N3O4/c1-27-17-4-2-16(3-5-17)21-22-14-18(28-21)15-8-10-23(11-9-15)12-13-24-19(25)6-7-20(24)26/h2-11,14H,12-13H2,1H3/q+1. The zero-order valence-corrected chi connectivity index (χ0v) is 15.2. The normalized spacial score (nSPS) is 13.4. The Labute approximate surface area is 161 Å². The summed E-state index contributed by atoms with van der Waals surface area (Å²) in [6, 6.07) is 11.3. The second-order valence-electron chi connectivity index (χ2n) is 6.24. The van der Waals surface area contributed by atoms with E-state index in [9.17, 15) is 9.59 Å². The molecule has 0 atom stereocenters. The van der Waals surface area contributed by atoms with E-state index in [0.29, 0.717) is 24.7 Å². The third kappa shape index (κ3) is 3.55. The van der Waals surface area contributed by atoms with Crippen molar-refractivity contribution in [2.24, 2.45) is 0 Å². The number of methoxy groups -OCH3 is 1. The highest BCUT2D eigenvalue weighted by atomic mass is 16.5. The van der Waals surface area contributed by atoms with E-state index in [2.05, 4.69) is 4.98 Å². The first-order valence-corrected chi connectivity index (χ1v) is 8.77. The molecule has 2 aromatic heterocycles. The average Bonchev–Trinajstić information content (AvgIpc) is 3.34. The van der Waals surface area contributed by atoms with Gasteiger partial charge in [-0.1, -0.05) is 0 Å². The van der Waals surface area contributed by atoms with Crippen LogP contribution in [0.1, 0.15) is 0 Å². The number of rotatable bonds is 6. The lowest BCUT2D eigenvalue weighted by atomic mass is 10.2. The van der Waals surface area contributed by atoms with Crippen molar-refractivity contribution in [3.63, 3.8) is 0 Å². The summed E-state index contributed by atoms with van der Waals surface area (Å²) in [5.74, 6) is 1.43. The molecule has 1 aliphatic heterocycles. The van der Waals surface area contributed by atoms with Gasteiger partial charge in [-0.05, 0) is 24.3 Å². The SMILES string of the molecule is COc1ccc(-c2ncc(-c3cc[n+](CCN4C(=O)C=CC4=O)cc3)o2)cc1. The van der Waals surface area contributed by atoms with E-state index in [1.165, 1.54) is 17.1 Å². The number of oxazole rings is 1. The number of hydrogen-bond acceptors (Lipinski definition) is 5. The Hall–Kier alpha value is -3.74. The molecule has 2 amide bonds. The lowest BCUT2D eigenvalue weighted by Crippen LogP contribution is -2.42. The molecule has 1 aliphatic rings. The van der Waals surface area contributed by atoms with Crippen LogP contribution in [0.5, 0.6) is 5.75 Å². The van der Waals surface area contributed by atoms with Gasteiger partial charge in [-0.25, -0.2) is 9.55 Å². The highest BCUT2D eigenvalue weighted by Crippen LogP contribution is 2.26. The Kier molecular flexibility index (Phi) is 4.72. The minimum Gasteiger partial charge on any atom is -0.497 e. The molecule has 28 heavy (non-hydrogen) atoms. The van der Waals surface area contributed by atoms with Gasteiger partial charge in [0, 0.05) is 35.4 Å². The lowest BCUT2D eigenvalue weighted by Gasteiger charge is -2.10. The minimum atomic E-state index is -0.269. The van der Waals surface area contributed by atoms with Crippen LogP contribution < -0.4 is 9.30 Å². The Morgan fingerprint density at radius 2 is 1.68 bits per heavy atom. The minimum absolute atomic E-state index is 0.269. The summed E-state index contributed by atoms with van der Waals surface area (Å²) >= 11 is 0. The van der Waals surface area contributed by atoms with Gasteiger partial charge < -0.3 is 9.15 Å². The zero-order valence-electron chi connectivity index (χ0n) is 15.2. The molecular formula is C21H18N3O4+. The molecule has 0 bridgehead atoms. The van der Waals surface area contributed by atoms with Gasteiger partial charge in [0.2, 0.25) is 5.89 Å². The summed E-state index contributed by atoms with van der Waals surface area (Å²) in [5, 5.41) is 0. The molecule has 0 saturated carbocycles. The molecule has 1 aromatic carbocycles. The monoisotopic (exact) mass is 376 g/mol. The first-order valence-electron chi connectivity index (χ1n) is 8.77. The van der Waals surface area contributed by atoms with Crippen molar-refractivity contribution in [1.82, 2.24) is 9.88 Å². The van der Waals surface area contributed by atoms with E-state index in [-0.39, 0.29) is 11.8 Å². The lowest BCUT2D eigenvalue weighted by molar-refractivity contribution is -0.695. The summed E-state index contributed by atoms with van der Waals surface area (Å²) in [5.41, 5.74) is 1.75. The maximum Gasteiger partial charge on any atom is 0.253 e. The van der Waals surface area contributed by atoms with E-state index in [0.717, 1.165) is 16.9 Å². The Balaban J connectivity index is 1.43. The second kappa shape index (κ2) is 7.48. The Morgan fingerprint density at radius 3 is 2.32 bits per heavy atom. The van der Waals surface area contributed by atoms with Crippen molar-refractivity contribution in [1.29, 1.82) is 0 Å². The van der Waals surface area contributed by atoms with E-state index in [1.807, 2.05) is 53.4 Å². The van der Waals surface area contributed by atoms with Crippen LogP contribution in [0, 0.1) is 0 Å². The maximum atomic E-state index is 11.6. The van der Waals surface area contributed by atoms with Gasteiger partial charge in [0.05, 0.1) is 19.9 Å². The van der Waals surface area contributed by atoms with Crippen molar-refractivity contribution in [3.8, 4) is 28.5 Å². The quantitative estimate of drug-likeness (QED) is 0.487. The third-order valence-corrected chi connectivity index (χ3v) is 4.50. The molecule has 0 aliphatic carbocycles. The molecule has 3 heterocycles. The first-order chi connectivity index (χ1) is 13.6. The molecule has 0 radical (unpaired) electrons. The number of pyridine rings is 1. The molecular weight excluding hydrogens is 358 g/mol. The molecule has 4 rings (SSSR count). The molecule has 0 N–H and O–H groups in total. The fraction of sp³-hybridized carbons (Fsp3) is 0.143. The fourth-order valence-electron chi connectivity index (χ4n) is 2.91. The highest BCUT2D eigenvalue weighted by molar-refractivity contribution is 6.12. The van der Waals surface area contributed by atoms with Gasteiger partial charge in [-0.3, -0.25) is 14.5 Å². The Morgan fingerprint density at radius 1 is 1.00 bits per heavy atom. The molecule has 0 fully saturated rings. The highest BCUT2D eigenvalue weighted by Gasteiger charge is 2.24. The third-order valence-electron chi connectivity index (χ3n) is 4.50. The molecule has 3 aromatic rings. The summed E-state index contributed by atoms with van der Waals surface area (Å²) in [6.45, 7) is 0.853. The largest absolute Gasteiger partial charge is 0.497 e. The van der Waals surface area contributed by atoms with Crippen molar-refractivity contribution >= 4 is 11.8 Å². The van der Waals surface area contributed by atoms with Gasteiger partial charge in [-0.2, -0.15) is 0 Å². The summed E-state index contributed by atoms with van der Waals surface area (Å²) < 4.78 is 12.9. The van der Waals surface area contributed by atoms with Crippen LogP contribution in [0.25, 0.3) is 22.8 Å². The number of aromatic nitrogens is 2. The van der Waals surface area contributed by atoms with Crippen LogP contribution in [-0.4, -0.2) is 35.4 Å². The van der Waals surface area contributed by atoms with Crippen LogP contribution in [0.3, 0.4) is 0 Å². The van der Waals surface area contributed by atoms with Crippen LogP contribution in [0.2, 0.25) is 0 Å². The number of amides is 2. The van der Waals surface area contributed by atoms with Crippen molar-refractivity contribution < 1.29 is 23.3 Å². The van der Waals surface area contributed by atoms with E-state index in [4.69, 9.17) is 9.15 Å². The van der Waals surface area contributed by atoms with Crippen LogP contribution >= 0.6 is 0 Å².